The van der Waals surface area contributed by atoms with Gasteiger partial charge < -0.3 is 15.8 Å². The molecule has 6 heteroatoms. The molecule has 1 aliphatic carbocycles. The summed E-state index contributed by atoms with van der Waals surface area (Å²) < 4.78 is 0. The molecule has 96 valence electrons. The number of nitrogens with zero attached hydrogens (tertiary/aromatic N) is 3. The fourth-order valence-electron chi connectivity index (χ4n) is 2.00. The van der Waals surface area contributed by atoms with Crippen molar-refractivity contribution in [1.29, 1.82) is 0 Å². The van der Waals surface area contributed by atoms with Crippen molar-refractivity contribution in [3.63, 3.8) is 0 Å². The Balaban J connectivity index is 2.06. The van der Waals surface area contributed by atoms with E-state index in [4.69, 9.17) is 10.9 Å². The van der Waals surface area contributed by atoms with Gasteiger partial charge in [-0.05, 0) is 24.5 Å². The van der Waals surface area contributed by atoms with Crippen LogP contribution < -0.4 is 5.73 Å². The Bertz CT molecular complexity index is 468. The largest absolute Gasteiger partial charge is 0.409 e. The Labute approximate surface area is 105 Å². The molecule has 1 fully saturated rings. The first kappa shape index (κ1) is 12.3. The molecule has 3 N–H and O–H groups in total. The lowest BCUT2D eigenvalue weighted by atomic mass is 10.0. The molecule has 0 aliphatic heterocycles. The first-order valence-corrected chi connectivity index (χ1v) is 5.72. The second-order valence-corrected chi connectivity index (χ2v) is 4.59. The number of nitrogens with two attached hydrogens (primary N) is 1. The number of rotatable bonds is 4. The van der Waals surface area contributed by atoms with Crippen LogP contribution in [0.2, 0.25) is 0 Å². The van der Waals surface area contributed by atoms with E-state index in [1.165, 1.54) is 0 Å². The van der Waals surface area contributed by atoms with Gasteiger partial charge in [0.1, 0.15) is 5.41 Å². The van der Waals surface area contributed by atoms with Gasteiger partial charge in [0.2, 0.25) is 5.91 Å². The molecule has 0 saturated heterocycles. The van der Waals surface area contributed by atoms with Crippen molar-refractivity contribution < 1.29 is 10.0 Å². The molecule has 1 aromatic rings. The molecule has 2 rings (SSSR count). The molecule has 0 aromatic carbocycles. The van der Waals surface area contributed by atoms with Crippen molar-refractivity contribution in [2.45, 2.75) is 19.4 Å². The van der Waals surface area contributed by atoms with E-state index in [9.17, 15) is 4.79 Å². The maximum absolute atomic E-state index is 12.3. The molecule has 1 aliphatic rings. The number of oxime groups is 1. The maximum atomic E-state index is 12.3. The molecule has 1 saturated carbocycles. The van der Waals surface area contributed by atoms with Gasteiger partial charge in [0.25, 0.3) is 0 Å². The third-order valence-corrected chi connectivity index (χ3v) is 3.25. The fraction of sp³-hybridized carbons (Fsp3) is 0.417. The van der Waals surface area contributed by atoms with Crippen molar-refractivity contribution in [2.24, 2.45) is 16.3 Å². The molecular weight excluding hydrogens is 232 g/mol. The van der Waals surface area contributed by atoms with Gasteiger partial charge in [0.15, 0.2) is 5.84 Å². The summed E-state index contributed by atoms with van der Waals surface area (Å²) in [6.07, 6.45) is 4.68. The second-order valence-electron chi connectivity index (χ2n) is 4.59. The highest BCUT2D eigenvalue weighted by Crippen LogP contribution is 2.47. The van der Waals surface area contributed by atoms with Crippen LogP contribution in [0.5, 0.6) is 0 Å². The van der Waals surface area contributed by atoms with E-state index < -0.39 is 5.41 Å². The van der Waals surface area contributed by atoms with Crippen LogP contribution >= 0.6 is 0 Å². The Morgan fingerprint density at radius 1 is 1.67 bits per heavy atom. The quantitative estimate of drug-likeness (QED) is 0.352. The zero-order valence-electron chi connectivity index (χ0n) is 10.2. The third-order valence-electron chi connectivity index (χ3n) is 3.25. The van der Waals surface area contributed by atoms with Crippen molar-refractivity contribution in [3.05, 3.63) is 30.1 Å². The second kappa shape index (κ2) is 4.64. The van der Waals surface area contributed by atoms with Gasteiger partial charge in [-0.3, -0.25) is 9.78 Å². The molecule has 0 bridgehead atoms. The van der Waals surface area contributed by atoms with Gasteiger partial charge in [-0.2, -0.15) is 0 Å². The van der Waals surface area contributed by atoms with Crippen molar-refractivity contribution in [1.82, 2.24) is 9.88 Å². The van der Waals surface area contributed by atoms with Gasteiger partial charge in [0.05, 0.1) is 0 Å². The summed E-state index contributed by atoms with van der Waals surface area (Å²) in [4.78, 5) is 17.9. The monoisotopic (exact) mass is 248 g/mol. The van der Waals surface area contributed by atoms with Crippen molar-refractivity contribution in [2.75, 3.05) is 7.05 Å². The van der Waals surface area contributed by atoms with E-state index in [1.54, 1.807) is 24.3 Å². The summed E-state index contributed by atoms with van der Waals surface area (Å²) >= 11 is 0. The van der Waals surface area contributed by atoms with Crippen LogP contribution in [0.4, 0.5) is 0 Å². The number of amidine groups is 1. The van der Waals surface area contributed by atoms with E-state index in [-0.39, 0.29) is 11.7 Å². The maximum Gasteiger partial charge on any atom is 0.236 e. The van der Waals surface area contributed by atoms with E-state index in [2.05, 4.69) is 10.1 Å². The Morgan fingerprint density at radius 2 is 2.39 bits per heavy atom. The van der Waals surface area contributed by atoms with Crippen LogP contribution in [0.15, 0.2) is 29.7 Å². The molecule has 0 atom stereocenters. The van der Waals surface area contributed by atoms with Gasteiger partial charge in [0, 0.05) is 26.0 Å². The summed E-state index contributed by atoms with van der Waals surface area (Å²) in [5.74, 6) is -0.104. The van der Waals surface area contributed by atoms with Crippen molar-refractivity contribution in [3.8, 4) is 0 Å². The fourth-order valence-corrected chi connectivity index (χ4v) is 2.00. The Hall–Kier alpha value is -2.11. The molecular formula is C12H16N4O2. The van der Waals surface area contributed by atoms with Crippen LogP contribution in [0.3, 0.4) is 0 Å². The minimum absolute atomic E-state index is 0.00513. The summed E-state index contributed by atoms with van der Waals surface area (Å²) in [6.45, 7) is 0.465. The lowest BCUT2D eigenvalue weighted by Gasteiger charge is -2.22. The Morgan fingerprint density at radius 3 is 2.89 bits per heavy atom. The standard InChI is InChI=1S/C12H16N4O2/c1-16(8-9-3-2-6-14-7-9)11(17)12(4-5-12)10(13)15-18/h2-3,6-7,18H,4-5,8H2,1H3,(H2,13,15). The van der Waals surface area contributed by atoms with Crippen LogP contribution in [-0.4, -0.2) is 33.9 Å². The van der Waals surface area contributed by atoms with Crippen LogP contribution in [0.1, 0.15) is 18.4 Å². The number of carbonyl (C=O) groups is 1. The molecule has 0 unspecified atom stereocenters. The van der Waals surface area contributed by atoms with Gasteiger partial charge in [-0.25, -0.2) is 0 Å². The number of hydrogen-bond acceptors (Lipinski definition) is 4. The minimum atomic E-state index is -0.786. The smallest absolute Gasteiger partial charge is 0.236 e. The molecule has 1 amide bonds. The van der Waals surface area contributed by atoms with E-state index in [0.29, 0.717) is 19.4 Å². The lowest BCUT2D eigenvalue weighted by Crippen LogP contribution is -2.41. The average Bonchev–Trinajstić information content (AvgIpc) is 3.19. The Kier molecular flexibility index (Phi) is 3.18. The normalized spacial score (nSPS) is 17.3. The highest BCUT2D eigenvalue weighted by molar-refractivity contribution is 6.09. The molecule has 0 spiro atoms. The molecule has 1 aromatic heterocycles. The zero-order chi connectivity index (χ0) is 13.2. The summed E-state index contributed by atoms with van der Waals surface area (Å²) in [7, 11) is 1.71. The molecule has 1 heterocycles. The van der Waals surface area contributed by atoms with Gasteiger partial charge in [-0.1, -0.05) is 11.2 Å². The van der Waals surface area contributed by atoms with Gasteiger partial charge in [-0.15, -0.1) is 0 Å². The number of carbonyl (C=O) groups excluding carboxylic acids is 1. The third kappa shape index (κ3) is 2.13. The van der Waals surface area contributed by atoms with Gasteiger partial charge >= 0.3 is 0 Å². The number of pyridine rings is 1. The topological polar surface area (TPSA) is 91.8 Å². The van der Waals surface area contributed by atoms with Crippen LogP contribution in [0, 0.1) is 5.41 Å². The zero-order valence-corrected chi connectivity index (χ0v) is 10.2. The summed E-state index contributed by atoms with van der Waals surface area (Å²) in [6, 6.07) is 3.73. The first-order chi connectivity index (χ1) is 8.60. The number of aromatic nitrogens is 1. The van der Waals surface area contributed by atoms with E-state index >= 15 is 0 Å². The first-order valence-electron chi connectivity index (χ1n) is 5.72. The average molecular weight is 248 g/mol. The summed E-state index contributed by atoms with van der Waals surface area (Å²) in [5.41, 5.74) is 5.75. The highest BCUT2D eigenvalue weighted by atomic mass is 16.4. The van der Waals surface area contributed by atoms with Crippen LogP contribution in [-0.2, 0) is 11.3 Å². The van der Waals surface area contributed by atoms with E-state index in [0.717, 1.165) is 5.56 Å². The minimum Gasteiger partial charge on any atom is -0.409 e. The van der Waals surface area contributed by atoms with Crippen LogP contribution in [0.25, 0.3) is 0 Å². The molecule has 0 radical (unpaired) electrons. The number of amides is 1. The predicted octanol–water partition coefficient (Wildman–Crippen LogP) is 0.567. The van der Waals surface area contributed by atoms with E-state index in [1.807, 2.05) is 12.1 Å². The lowest BCUT2D eigenvalue weighted by molar-refractivity contribution is -0.133. The number of hydrogen-bond donors (Lipinski definition) is 2. The molecule has 18 heavy (non-hydrogen) atoms. The SMILES string of the molecule is CN(Cc1cccnc1)C(=O)C1(/C(N)=N/O)CC1. The molecule has 6 nitrogen and oxygen atoms in total. The summed E-state index contributed by atoms with van der Waals surface area (Å²) in [5, 5.41) is 11.7. The predicted molar refractivity (Wildman–Crippen MR) is 65.8 cm³/mol. The van der Waals surface area contributed by atoms with Crippen molar-refractivity contribution >= 4 is 11.7 Å². The highest BCUT2D eigenvalue weighted by Gasteiger charge is 2.55.